The molecule has 1 heterocycles. The number of hydrogen-bond acceptors (Lipinski definition) is 6. The molecule has 0 aliphatic rings. The van der Waals surface area contributed by atoms with E-state index in [9.17, 15) is 16.8 Å². The smallest absolute Gasteiger partial charge is 0.296 e. The van der Waals surface area contributed by atoms with Gasteiger partial charge in [-0.2, -0.15) is 8.42 Å². The number of hydrogen-bond donors (Lipinski definition) is 0. The van der Waals surface area contributed by atoms with Crippen molar-refractivity contribution in [2.75, 3.05) is 6.61 Å². The monoisotopic (exact) mass is 575 g/mol. The van der Waals surface area contributed by atoms with Crippen LogP contribution >= 0.6 is 0 Å². The fourth-order valence-electron chi connectivity index (χ4n) is 4.33. The fraction of sp³-hybridized carbons (Fsp3) is 0.161. The standard InChI is InChI=1S/C31H29NO6S2/c1-23-8-13-28(14-9-23)39(33,34)32-21-26(18-19-38-40(35,36)29-15-10-24(2)11-16-29)30-20-27(12-17-31(30)32)37-22-25-6-4-3-5-7-25/h3-17,20-21H,18-19,22H2,1-2H3. The molecule has 0 saturated carbocycles. The molecule has 7 nitrogen and oxygen atoms in total. The van der Waals surface area contributed by atoms with E-state index >= 15 is 0 Å². The molecule has 5 rings (SSSR count). The minimum absolute atomic E-state index is 0.0686. The van der Waals surface area contributed by atoms with Crippen molar-refractivity contribution in [3.05, 3.63) is 126 Å². The average Bonchev–Trinajstić information content (AvgIpc) is 3.31. The molecule has 0 saturated heterocycles. The molecule has 0 atom stereocenters. The highest BCUT2D eigenvalue weighted by atomic mass is 32.2. The maximum absolute atomic E-state index is 13.6. The fourth-order valence-corrected chi connectivity index (χ4v) is 6.63. The quantitative estimate of drug-likeness (QED) is 0.189. The summed E-state index contributed by atoms with van der Waals surface area (Å²) in [5, 5.41) is 0.637. The summed E-state index contributed by atoms with van der Waals surface area (Å²) in [5.74, 6) is 0.566. The Morgan fingerprint density at radius 1 is 0.725 bits per heavy atom. The summed E-state index contributed by atoms with van der Waals surface area (Å²) in [5.41, 5.74) is 3.96. The predicted molar refractivity (Wildman–Crippen MR) is 154 cm³/mol. The van der Waals surface area contributed by atoms with Crippen LogP contribution in [0.25, 0.3) is 10.9 Å². The molecule has 0 unspecified atom stereocenters. The van der Waals surface area contributed by atoms with Gasteiger partial charge in [0.1, 0.15) is 12.4 Å². The molecule has 0 fully saturated rings. The van der Waals surface area contributed by atoms with Gasteiger partial charge in [-0.3, -0.25) is 4.18 Å². The molecule has 0 amide bonds. The third-order valence-electron chi connectivity index (χ3n) is 6.57. The summed E-state index contributed by atoms with van der Waals surface area (Å²) < 4.78 is 65.2. The van der Waals surface area contributed by atoms with E-state index in [0.29, 0.717) is 28.8 Å². The van der Waals surface area contributed by atoms with Crippen molar-refractivity contribution in [1.82, 2.24) is 3.97 Å². The topological polar surface area (TPSA) is 91.7 Å². The van der Waals surface area contributed by atoms with E-state index in [1.807, 2.05) is 44.2 Å². The van der Waals surface area contributed by atoms with Gasteiger partial charge >= 0.3 is 0 Å². The Morgan fingerprint density at radius 3 is 2.00 bits per heavy atom. The lowest BCUT2D eigenvalue weighted by Crippen LogP contribution is -2.12. The average molecular weight is 576 g/mol. The predicted octanol–water partition coefficient (Wildman–Crippen LogP) is 6.02. The van der Waals surface area contributed by atoms with Gasteiger partial charge in [0.2, 0.25) is 0 Å². The number of fused-ring (bicyclic) bond motifs is 1. The second kappa shape index (κ2) is 11.3. The van der Waals surface area contributed by atoms with Gasteiger partial charge in [-0.05, 0) is 73.9 Å². The molecule has 0 aliphatic carbocycles. The maximum Gasteiger partial charge on any atom is 0.296 e. The van der Waals surface area contributed by atoms with Crippen molar-refractivity contribution in [1.29, 1.82) is 0 Å². The molecule has 206 valence electrons. The zero-order valence-electron chi connectivity index (χ0n) is 22.1. The van der Waals surface area contributed by atoms with Gasteiger partial charge in [-0.15, -0.1) is 0 Å². The largest absolute Gasteiger partial charge is 0.489 e. The summed E-state index contributed by atoms with van der Waals surface area (Å²) in [6, 6.07) is 28.0. The molecule has 4 aromatic carbocycles. The third-order valence-corrected chi connectivity index (χ3v) is 9.58. The first-order valence-electron chi connectivity index (χ1n) is 12.7. The van der Waals surface area contributed by atoms with E-state index in [-0.39, 0.29) is 22.8 Å². The Bertz CT molecular complexity index is 1840. The third kappa shape index (κ3) is 5.96. The van der Waals surface area contributed by atoms with Gasteiger partial charge in [0, 0.05) is 11.6 Å². The molecule has 1 aromatic heterocycles. The highest BCUT2D eigenvalue weighted by molar-refractivity contribution is 7.90. The SMILES string of the molecule is Cc1ccc(S(=O)(=O)OCCc2cn(S(=O)(=O)c3ccc(C)cc3)c3ccc(OCc4ccccc4)cc23)cc1. The molecule has 0 radical (unpaired) electrons. The van der Waals surface area contributed by atoms with Crippen LogP contribution in [0.15, 0.2) is 113 Å². The number of aryl methyl sites for hydroxylation is 2. The summed E-state index contributed by atoms with van der Waals surface area (Å²) >= 11 is 0. The highest BCUT2D eigenvalue weighted by Gasteiger charge is 2.22. The Kier molecular flexibility index (Phi) is 7.80. The van der Waals surface area contributed by atoms with Crippen molar-refractivity contribution >= 4 is 31.0 Å². The first kappa shape index (κ1) is 27.6. The summed E-state index contributed by atoms with van der Waals surface area (Å²) in [6.45, 7) is 3.95. The van der Waals surface area contributed by atoms with Crippen LogP contribution < -0.4 is 4.74 Å². The van der Waals surface area contributed by atoms with Gasteiger partial charge in [0.05, 0.1) is 21.9 Å². The van der Waals surface area contributed by atoms with Gasteiger partial charge < -0.3 is 4.74 Å². The van der Waals surface area contributed by atoms with Crippen molar-refractivity contribution in [3.8, 4) is 5.75 Å². The van der Waals surface area contributed by atoms with Crippen LogP contribution in [0.3, 0.4) is 0 Å². The Labute approximate surface area is 234 Å². The van der Waals surface area contributed by atoms with Gasteiger partial charge in [-0.1, -0.05) is 65.7 Å². The van der Waals surface area contributed by atoms with E-state index in [4.69, 9.17) is 8.92 Å². The van der Waals surface area contributed by atoms with E-state index in [2.05, 4.69) is 0 Å². The van der Waals surface area contributed by atoms with Crippen LogP contribution in [0.1, 0.15) is 22.3 Å². The molecule has 0 aliphatic heterocycles. The molecule has 0 N–H and O–H groups in total. The van der Waals surface area contributed by atoms with E-state index in [1.54, 1.807) is 54.6 Å². The lowest BCUT2D eigenvalue weighted by atomic mass is 10.1. The minimum atomic E-state index is -3.97. The number of benzene rings is 4. The second-order valence-corrected chi connectivity index (χ2v) is 13.0. The number of ether oxygens (including phenoxy) is 1. The van der Waals surface area contributed by atoms with E-state index in [1.165, 1.54) is 22.3 Å². The van der Waals surface area contributed by atoms with Crippen molar-refractivity contribution in [2.24, 2.45) is 0 Å². The van der Waals surface area contributed by atoms with Gasteiger partial charge in [-0.25, -0.2) is 12.4 Å². The normalized spacial score (nSPS) is 12.1. The minimum Gasteiger partial charge on any atom is -0.489 e. The molecule has 40 heavy (non-hydrogen) atoms. The van der Waals surface area contributed by atoms with Crippen LogP contribution in [-0.4, -0.2) is 27.4 Å². The Morgan fingerprint density at radius 2 is 1.35 bits per heavy atom. The first-order chi connectivity index (χ1) is 19.1. The van der Waals surface area contributed by atoms with E-state index in [0.717, 1.165) is 16.7 Å². The summed E-state index contributed by atoms with van der Waals surface area (Å²) in [7, 11) is -7.88. The highest BCUT2D eigenvalue weighted by Crippen LogP contribution is 2.30. The number of rotatable bonds is 10. The van der Waals surface area contributed by atoms with Crippen molar-refractivity contribution in [3.63, 3.8) is 0 Å². The lowest BCUT2D eigenvalue weighted by molar-refractivity contribution is 0.306. The molecular formula is C31H29NO6S2. The number of aromatic nitrogens is 1. The van der Waals surface area contributed by atoms with Gasteiger partial charge in [0.15, 0.2) is 0 Å². The Balaban J connectivity index is 1.47. The van der Waals surface area contributed by atoms with Crippen LogP contribution in [0.4, 0.5) is 0 Å². The first-order valence-corrected chi connectivity index (χ1v) is 15.6. The van der Waals surface area contributed by atoms with Gasteiger partial charge in [0.25, 0.3) is 20.1 Å². The summed E-state index contributed by atoms with van der Waals surface area (Å²) in [6.07, 6.45) is 1.70. The van der Waals surface area contributed by atoms with Crippen molar-refractivity contribution < 1.29 is 25.8 Å². The number of nitrogens with zero attached hydrogens (tertiary/aromatic N) is 1. The summed E-state index contributed by atoms with van der Waals surface area (Å²) in [4.78, 5) is 0.225. The maximum atomic E-state index is 13.6. The van der Waals surface area contributed by atoms with Crippen molar-refractivity contribution in [2.45, 2.75) is 36.7 Å². The molecule has 9 heteroatoms. The molecule has 0 bridgehead atoms. The molecule has 0 spiro atoms. The second-order valence-electron chi connectivity index (χ2n) is 9.56. The lowest BCUT2D eigenvalue weighted by Gasteiger charge is -2.09. The molecule has 5 aromatic rings. The zero-order chi connectivity index (χ0) is 28.3. The van der Waals surface area contributed by atoms with Crippen LogP contribution in [0.2, 0.25) is 0 Å². The van der Waals surface area contributed by atoms with E-state index < -0.39 is 20.1 Å². The zero-order valence-corrected chi connectivity index (χ0v) is 23.8. The van der Waals surface area contributed by atoms with Crippen LogP contribution in [-0.2, 0) is 37.4 Å². The van der Waals surface area contributed by atoms with Crippen LogP contribution in [0.5, 0.6) is 5.75 Å². The van der Waals surface area contributed by atoms with Crippen LogP contribution in [0, 0.1) is 13.8 Å². The molecular weight excluding hydrogens is 546 g/mol. The Hall–Kier alpha value is -3.92.